The number of nitriles is 1. The van der Waals surface area contributed by atoms with Gasteiger partial charge >= 0.3 is 0 Å². The molecule has 1 heterocycles. The second-order valence-corrected chi connectivity index (χ2v) is 6.64. The first kappa shape index (κ1) is 25.1. The van der Waals surface area contributed by atoms with Crippen LogP contribution in [0.5, 0.6) is 0 Å². The molecule has 0 spiro atoms. The maximum atomic E-state index is 14.2. The van der Waals surface area contributed by atoms with Crippen molar-refractivity contribution >= 4 is 54.2 Å². The molecule has 0 saturated heterocycles. The number of amides is 1. The zero-order valence-corrected chi connectivity index (χ0v) is 18.8. The van der Waals surface area contributed by atoms with Gasteiger partial charge in [0.05, 0.1) is 22.8 Å². The lowest BCUT2D eigenvalue weighted by atomic mass is 10.2. The highest BCUT2D eigenvalue weighted by Gasteiger charge is 2.16. The molecule has 0 radical (unpaired) electrons. The molecular formula is C19H23FIN3O2S. The Labute approximate surface area is 175 Å². The van der Waals surface area contributed by atoms with E-state index in [1.807, 2.05) is 48.0 Å². The van der Waals surface area contributed by atoms with Crippen LogP contribution in [0.15, 0.2) is 30.2 Å². The molecule has 2 rings (SSSR count). The van der Waals surface area contributed by atoms with E-state index in [-0.39, 0.29) is 30.2 Å². The third-order valence-corrected chi connectivity index (χ3v) is 4.73. The second kappa shape index (κ2) is 13.3. The van der Waals surface area contributed by atoms with Crippen molar-refractivity contribution in [2.75, 3.05) is 0 Å². The van der Waals surface area contributed by atoms with Gasteiger partial charge in [-0.2, -0.15) is 5.26 Å². The number of allylic oxidation sites excluding steroid dienone is 3. The number of fused-ring (bicyclic) bond motifs is 1. The normalized spacial score (nSPS) is 11.6. The zero-order chi connectivity index (χ0) is 21.0. The molecule has 0 bridgehead atoms. The van der Waals surface area contributed by atoms with Crippen LogP contribution in [0.25, 0.3) is 12.2 Å². The molecule has 0 aromatic carbocycles. The van der Waals surface area contributed by atoms with Gasteiger partial charge in [0.15, 0.2) is 5.78 Å². The minimum Gasteiger partial charge on any atom is -0.327 e. The summed E-state index contributed by atoms with van der Waals surface area (Å²) in [6.07, 6.45) is 4.77. The van der Waals surface area contributed by atoms with E-state index in [0.29, 0.717) is 16.3 Å². The third kappa shape index (κ3) is 7.34. The first-order valence-corrected chi connectivity index (χ1v) is 11.6. The summed E-state index contributed by atoms with van der Waals surface area (Å²) in [5, 5.41) is 12.3. The molecule has 0 atom stereocenters. The van der Waals surface area contributed by atoms with Crippen molar-refractivity contribution < 1.29 is 14.0 Å². The Morgan fingerprint density at radius 2 is 2.11 bits per heavy atom. The van der Waals surface area contributed by atoms with Crippen molar-refractivity contribution in [3.8, 4) is 6.07 Å². The zero-order valence-electron chi connectivity index (χ0n) is 15.8. The monoisotopic (exact) mass is 503 g/mol. The van der Waals surface area contributed by atoms with Crippen molar-refractivity contribution in [2.24, 2.45) is 0 Å². The summed E-state index contributed by atoms with van der Waals surface area (Å²) < 4.78 is 15.8. The number of hydrogen-bond acceptors (Lipinski definition) is 4. The fourth-order valence-corrected chi connectivity index (χ4v) is 3.87. The van der Waals surface area contributed by atoms with E-state index < -0.39 is 5.83 Å². The lowest BCUT2D eigenvalue weighted by Crippen LogP contribution is -2.26. The van der Waals surface area contributed by atoms with E-state index in [9.17, 15) is 14.0 Å². The Morgan fingerprint density at radius 3 is 2.59 bits per heavy atom. The summed E-state index contributed by atoms with van der Waals surface area (Å²) in [5.74, 6) is -1.19. The van der Waals surface area contributed by atoms with Gasteiger partial charge < -0.3 is 5.32 Å². The van der Waals surface area contributed by atoms with E-state index >= 15 is 0 Å². The van der Waals surface area contributed by atoms with Crippen LogP contribution in [0.2, 0.25) is 0 Å². The van der Waals surface area contributed by atoms with Crippen molar-refractivity contribution in [2.45, 2.75) is 40.5 Å². The summed E-state index contributed by atoms with van der Waals surface area (Å²) in [4.78, 5) is 23.1. The number of halogens is 2. The van der Waals surface area contributed by atoms with E-state index in [1.54, 1.807) is 22.2 Å². The van der Waals surface area contributed by atoms with Crippen LogP contribution in [0.4, 0.5) is 4.39 Å². The van der Waals surface area contributed by atoms with Crippen LogP contribution in [-0.4, -0.2) is 15.7 Å². The van der Waals surface area contributed by atoms with Gasteiger partial charge in [-0.25, -0.2) is 4.39 Å². The molecule has 1 aromatic heterocycles. The SMILES string of the molecule is C=CC.CC.CC(=O)NC1=C(F)C=c2cc(C(=O)CC#N)n(SI)c2=CC1. The van der Waals surface area contributed by atoms with Gasteiger partial charge in [0.1, 0.15) is 12.2 Å². The summed E-state index contributed by atoms with van der Waals surface area (Å²) in [6, 6.07) is 3.38. The highest BCUT2D eigenvalue weighted by molar-refractivity contribution is 14.2. The molecule has 5 nitrogen and oxygen atoms in total. The number of Topliss-reactive ketones (excluding diaryl/α,β-unsaturated/α-hetero) is 1. The quantitative estimate of drug-likeness (QED) is 0.384. The number of rotatable bonds is 4. The standard InChI is InChI=1S/C14H11FIN3O2S.C3H6.C2H6/c1-8(20)18-11-2-3-12-9(6-10(11)15)7-13(19(12)22-16)14(21)4-5-17;1-3-2;1-2/h3,6-7H,2,4H2,1H3,(H,18,20);3H,1H2,2H3;1-2H3. The van der Waals surface area contributed by atoms with Crippen LogP contribution in [0.3, 0.4) is 0 Å². The molecule has 146 valence electrons. The first-order valence-electron chi connectivity index (χ1n) is 8.25. The summed E-state index contributed by atoms with van der Waals surface area (Å²) >= 11 is 2.02. The topological polar surface area (TPSA) is 74.9 Å². The molecule has 1 aromatic rings. The van der Waals surface area contributed by atoms with Crippen LogP contribution in [0.1, 0.15) is 51.0 Å². The van der Waals surface area contributed by atoms with Gasteiger partial charge in [0, 0.05) is 48.9 Å². The Morgan fingerprint density at radius 1 is 1.52 bits per heavy atom. The number of ketones is 1. The van der Waals surface area contributed by atoms with Crippen LogP contribution in [0, 0.1) is 11.3 Å². The molecule has 1 aliphatic carbocycles. The lowest BCUT2D eigenvalue weighted by Gasteiger charge is -2.05. The first-order chi connectivity index (χ1) is 12.9. The van der Waals surface area contributed by atoms with E-state index in [4.69, 9.17) is 5.26 Å². The van der Waals surface area contributed by atoms with Gasteiger partial charge in [0.2, 0.25) is 5.91 Å². The third-order valence-electron chi connectivity index (χ3n) is 3.02. The van der Waals surface area contributed by atoms with Gasteiger partial charge in [-0.05, 0) is 19.1 Å². The van der Waals surface area contributed by atoms with Gasteiger partial charge in [0.25, 0.3) is 0 Å². The summed E-state index contributed by atoms with van der Waals surface area (Å²) in [5.41, 5.74) is 0.549. The lowest BCUT2D eigenvalue weighted by molar-refractivity contribution is -0.118. The number of hydrogen-bond donors (Lipinski definition) is 1. The maximum absolute atomic E-state index is 14.2. The molecule has 1 amide bonds. The van der Waals surface area contributed by atoms with E-state index in [0.717, 1.165) is 0 Å². The molecular weight excluding hydrogens is 480 g/mol. The fraction of sp³-hybridized carbons (Fsp3) is 0.316. The second-order valence-electron chi connectivity index (χ2n) is 4.96. The van der Waals surface area contributed by atoms with E-state index in [2.05, 4.69) is 11.9 Å². The number of carbonyl (C=O) groups is 2. The molecule has 0 aliphatic heterocycles. The fourth-order valence-electron chi connectivity index (χ4n) is 2.12. The Hall–Kier alpha value is -1.86. The van der Waals surface area contributed by atoms with Crippen molar-refractivity contribution in [1.29, 1.82) is 5.26 Å². The smallest absolute Gasteiger partial charge is 0.221 e. The minimum atomic E-state index is -0.542. The predicted octanol–water partition coefficient (Wildman–Crippen LogP) is 3.93. The van der Waals surface area contributed by atoms with Crippen molar-refractivity contribution in [3.63, 3.8) is 0 Å². The summed E-state index contributed by atoms with van der Waals surface area (Å²) in [7, 11) is 1.27. The Balaban J connectivity index is 0.00000123. The number of nitrogens with one attached hydrogen (secondary N) is 1. The molecule has 8 heteroatoms. The Kier molecular flexibility index (Phi) is 12.4. The van der Waals surface area contributed by atoms with Gasteiger partial charge in [-0.15, -0.1) is 6.58 Å². The maximum Gasteiger partial charge on any atom is 0.221 e. The predicted molar refractivity (Wildman–Crippen MR) is 118 cm³/mol. The molecule has 1 N–H and O–H groups in total. The average Bonchev–Trinajstić information content (AvgIpc) is 2.90. The van der Waals surface area contributed by atoms with Gasteiger partial charge in [-0.3, -0.25) is 13.6 Å². The van der Waals surface area contributed by atoms with Crippen LogP contribution in [-0.2, 0) is 4.79 Å². The van der Waals surface area contributed by atoms with Gasteiger partial charge in [-0.1, -0.05) is 26.0 Å². The number of aromatic nitrogens is 1. The highest BCUT2D eigenvalue weighted by Crippen LogP contribution is 2.18. The molecule has 0 fully saturated rings. The number of nitrogens with zero attached hydrogens (tertiary/aromatic N) is 2. The Bertz CT molecular complexity index is 882. The average molecular weight is 503 g/mol. The van der Waals surface area contributed by atoms with Crippen molar-refractivity contribution in [1.82, 2.24) is 9.29 Å². The molecule has 1 aliphatic rings. The molecule has 27 heavy (non-hydrogen) atoms. The highest BCUT2D eigenvalue weighted by atomic mass is 127. The largest absolute Gasteiger partial charge is 0.327 e. The molecule has 0 unspecified atom stereocenters. The number of carbonyl (C=O) groups excluding carboxylic acids is 2. The van der Waals surface area contributed by atoms with E-state index in [1.165, 1.54) is 22.1 Å². The molecule has 0 saturated carbocycles. The minimum absolute atomic E-state index is 0.193. The summed E-state index contributed by atoms with van der Waals surface area (Å²) in [6.45, 7) is 10.6. The van der Waals surface area contributed by atoms with Crippen molar-refractivity contribution in [3.05, 3.63) is 46.5 Å². The van der Waals surface area contributed by atoms with Crippen LogP contribution >= 0.6 is 30.3 Å². The van der Waals surface area contributed by atoms with Crippen LogP contribution < -0.4 is 15.9 Å².